The van der Waals surface area contributed by atoms with E-state index in [-0.39, 0.29) is 18.3 Å². The van der Waals surface area contributed by atoms with Gasteiger partial charge in [-0.1, -0.05) is 29.3 Å². The zero-order valence-corrected chi connectivity index (χ0v) is 15.0. The molecule has 23 heavy (non-hydrogen) atoms. The summed E-state index contributed by atoms with van der Waals surface area (Å²) in [4.78, 5) is 11.9. The smallest absolute Gasteiger partial charge is 0.225 e. The van der Waals surface area contributed by atoms with E-state index in [1.54, 1.807) is 29.1 Å². The third-order valence-corrected chi connectivity index (χ3v) is 3.74. The van der Waals surface area contributed by atoms with E-state index in [2.05, 4.69) is 15.7 Å². The fraction of sp³-hybridized carbons (Fsp3) is 0.333. The summed E-state index contributed by atoms with van der Waals surface area (Å²) >= 11 is 12.1. The number of nitrogens with zero attached hydrogens (tertiary/aromatic N) is 2. The largest absolute Gasteiger partial charge is 0.320 e. The Morgan fingerprint density at radius 3 is 2.78 bits per heavy atom. The SMILES string of the molecule is CNCCCC(=O)Nc1ccnn1Cc1ccc(Cl)cc1Cl.Cl. The standard InChI is InChI=1S/C15H18Cl2N4O.ClH/c1-18-7-2-3-15(22)20-14-6-8-19-21(14)10-11-4-5-12(16)9-13(11)17;/h4-6,8-9,18H,2-3,7,10H2,1H3,(H,20,22);1H. The molecule has 0 spiro atoms. The Hall–Kier alpha value is -1.27. The highest BCUT2D eigenvalue weighted by atomic mass is 35.5. The maximum absolute atomic E-state index is 11.9. The molecule has 2 N–H and O–H groups in total. The quantitative estimate of drug-likeness (QED) is 0.725. The molecule has 1 aromatic carbocycles. The Balaban J connectivity index is 0.00000264. The minimum atomic E-state index is -0.0285. The summed E-state index contributed by atoms with van der Waals surface area (Å²) < 4.78 is 1.70. The average molecular weight is 378 g/mol. The van der Waals surface area contributed by atoms with Crippen molar-refractivity contribution in [2.24, 2.45) is 0 Å². The van der Waals surface area contributed by atoms with Crippen LogP contribution in [-0.4, -0.2) is 29.3 Å². The molecule has 0 bridgehead atoms. The van der Waals surface area contributed by atoms with Crippen LogP contribution in [-0.2, 0) is 11.3 Å². The van der Waals surface area contributed by atoms with Gasteiger partial charge in [-0.15, -0.1) is 12.4 Å². The van der Waals surface area contributed by atoms with Gasteiger partial charge in [0.1, 0.15) is 5.82 Å². The topological polar surface area (TPSA) is 59.0 Å². The lowest BCUT2D eigenvalue weighted by atomic mass is 10.2. The van der Waals surface area contributed by atoms with E-state index in [9.17, 15) is 4.79 Å². The van der Waals surface area contributed by atoms with Crippen LogP contribution < -0.4 is 10.6 Å². The van der Waals surface area contributed by atoms with Gasteiger partial charge in [-0.2, -0.15) is 5.10 Å². The van der Waals surface area contributed by atoms with Gasteiger partial charge in [-0.3, -0.25) is 4.79 Å². The highest BCUT2D eigenvalue weighted by molar-refractivity contribution is 6.35. The third kappa shape index (κ3) is 6.03. The van der Waals surface area contributed by atoms with E-state index < -0.39 is 0 Å². The Morgan fingerprint density at radius 2 is 2.09 bits per heavy atom. The van der Waals surface area contributed by atoms with E-state index >= 15 is 0 Å². The first-order valence-corrected chi connectivity index (χ1v) is 7.76. The molecule has 0 atom stereocenters. The normalized spacial score (nSPS) is 10.2. The number of amides is 1. The second kappa shape index (κ2) is 9.78. The minimum Gasteiger partial charge on any atom is -0.320 e. The summed E-state index contributed by atoms with van der Waals surface area (Å²) in [7, 11) is 1.86. The lowest BCUT2D eigenvalue weighted by molar-refractivity contribution is -0.116. The summed E-state index contributed by atoms with van der Waals surface area (Å²) in [6.45, 7) is 1.28. The van der Waals surface area contributed by atoms with Gasteiger partial charge in [0.2, 0.25) is 5.91 Å². The Kier molecular flexibility index (Phi) is 8.41. The predicted octanol–water partition coefficient (Wildman–Crippen LogP) is 3.60. The van der Waals surface area contributed by atoms with E-state index in [4.69, 9.17) is 23.2 Å². The molecule has 1 amide bonds. The summed E-state index contributed by atoms with van der Waals surface area (Å²) in [6.07, 6.45) is 2.90. The number of hydrogen-bond acceptors (Lipinski definition) is 3. The molecule has 0 radical (unpaired) electrons. The molecule has 0 saturated carbocycles. The van der Waals surface area contributed by atoms with Crippen LogP contribution in [0, 0.1) is 0 Å². The molecule has 0 unspecified atom stereocenters. The molecular weight excluding hydrogens is 359 g/mol. The maximum atomic E-state index is 11.9. The molecule has 2 rings (SSSR count). The minimum absolute atomic E-state index is 0. The van der Waals surface area contributed by atoms with Crippen LogP contribution in [0.15, 0.2) is 30.5 Å². The number of benzene rings is 1. The lowest BCUT2D eigenvalue weighted by Crippen LogP contribution is -2.18. The van der Waals surface area contributed by atoms with Crippen LogP contribution in [0.2, 0.25) is 10.0 Å². The van der Waals surface area contributed by atoms with Gasteiger partial charge in [0.25, 0.3) is 0 Å². The van der Waals surface area contributed by atoms with Crippen molar-refractivity contribution in [1.82, 2.24) is 15.1 Å². The van der Waals surface area contributed by atoms with Crippen LogP contribution in [0.4, 0.5) is 5.82 Å². The first-order chi connectivity index (χ1) is 10.6. The van der Waals surface area contributed by atoms with Crippen molar-refractivity contribution in [3.05, 3.63) is 46.1 Å². The van der Waals surface area contributed by atoms with Gasteiger partial charge in [-0.05, 0) is 37.7 Å². The molecule has 0 saturated heterocycles. The first-order valence-electron chi connectivity index (χ1n) is 7.00. The molecule has 0 aliphatic heterocycles. The van der Waals surface area contributed by atoms with E-state index in [0.29, 0.717) is 28.8 Å². The van der Waals surface area contributed by atoms with Crippen LogP contribution in [0.1, 0.15) is 18.4 Å². The fourth-order valence-electron chi connectivity index (χ4n) is 2.01. The second-order valence-corrected chi connectivity index (χ2v) is 5.71. The average Bonchev–Trinajstić information content (AvgIpc) is 2.89. The molecule has 1 aromatic heterocycles. The van der Waals surface area contributed by atoms with Crippen molar-refractivity contribution in [1.29, 1.82) is 0 Å². The molecule has 0 aliphatic carbocycles. The van der Waals surface area contributed by atoms with Crippen LogP contribution in [0.5, 0.6) is 0 Å². The lowest BCUT2D eigenvalue weighted by Gasteiger charge is -2.10. The van der Waals surface area contributed by atoms with Gasteiger partial charge in [0.15, 0.2) is 0 Å². The molecule has 0 aliphatic rings. The number of anilines is 1. The van der Waals surface area contributed by atoms with Crippen LogP contribution in [0.25, 0.3) is 0 Å². The number of hydrogen-bond donors (Lipinski definition) is 2. The van der Waals surface area contributed by atoms with Gasteiger partial charge in [0, 0.05) is 22.5 Å². The number of aromatic nitrogens is 2. The maximum Gasteiger partial charge on any atom is 0.225 e. The summed E-state index contributed by atoms with van der Waals surface area (Å²) in [6, 6.07) is 7.09. The number of halogens is 3. The summed E-state index contributed by atoms with van der Waals surface area (Å²) in [5.74, 6) is 0.625. The zero-order valence-electron chi connectivity index (χ0n) is 12.7. The number of nitrogens with one attached hydrogen (secondary N) is 2. The van der Waals surface area contributed by atoms with E-state index in [1.807, 2.05) is 13.1 Å². The molecule has 0 fully saturated rings. The molecule has 126 valence electrons. The number of rotatable bonds is 7. The summed E-state index contributed by atoms with van der Waals surface area (Å²) in [5.41, 5.74) is 0.889. The molecule has 5 nitrogen and oxygen atoms in total. The zero-order chi connectivity index (χ0) is 15.9. The van der Waals surface area contributed by atoms with Gasteiger partial charge in [0.05, 0.1) is 12.7 Å². The molecular formula is C15H19Cl3N4O. The molecule has 8 heteroatoms. The van der Waals surface area contributed by atoms with Crippen molar-refractivity contribution in [2.45, 2.75) is 19.4 Å². The fourth-order valence-corrected chi connectivity index (χ4v) is 2.48. The van der Waals surface area contributed by atoms with Gasteiger partial charge < -0.3 is 10.6 Å². The monoisotopic (exact) mass is 376 g/mol. The van der Waals surface area contributed by atoms with Crippen LogP contribution in [0.3, 0.4) is 0 Å². The number of carbonyl (C=O) groups excluding carboxylic acids is 1. The number of carbonyl (C=O) groups is 1. The Bertz CT molecular complexity index is 645. The van der Waals surface area contributed by atoms with Crippen molar-refractivity contribution >= 4 is 47.3 Å². The van der Waals surface area contributed by atoms with E-state index in [1.165, 1.54) is 0 Å². The van der Waals surface area contributed by atoms with Gasteiger partial charge in [-0.25, -0.2) is 4.68 Å². The van der Waals surface area contributed by atoms with E-state index in [0.717, 1.165) is 18.5 Å². The highest BCUT2D eigenvalue weighted by Gasteiger charge is 2.09. The predicted molar refractivity (Wildman–Crippen MR) is 96.8 cm³/mol. The van der Waals surface area contributed by atoms with Gasteiger partial charge >= 0.3 is 0 Å². The second-order valence-electron chi connectivity index (χ2n) is 4.87. The summed E-state index contributed by atoms with van der Waals surface area (Å²) in [5, 5.41) is 11.3. The third-order valence-electron chi connectivity index (χ3n) is 3.15. The van der Waals surface area contributed by atoms with Crippen LogP contribution >= 0.6 is 35.6 Å². The van der Waals surface area contributed by atoms with Crippen molar-refractivity contribution in [2.75, 3.05) is 18.9 Å². The molecule has 2 aromatic rings. The Labute approximate surface area is 151 Å². The van der Waals surface area contributed by atoms with Crippen molar-refractivity contribution < 1.29 is 4.79 Å². The first kappa shape index (κ1) is 19.8. The van der Waals surface area contributed by atoms with Crippen molar-refractivity contribution in [3.8, 4) is 0 Å². The highest BCUT2D eigenvalue weighted by Crippen LogP contribution is 2.22. The van der Waals surface area contributed by atoms with Crippen molar-refractivity contribution in [3.63, 3.8) is 0 Å². The Morgan fingerprint density at radius 1 is 1.30 bits per heavy atom. The molecule has 1 heterocycles.